The predicted octanol–water partition coefficient (Wildman–Crippen LogP) is 3.93. The van der Waals surface area contributed by atoms with Crippen LogP contribution in [0.1, 0.15) is 33.3 Å². The van der Waals surface area contributed by atoms with E-state index in [1.165, 1.54) is 22.3 Å². The number of hydrogen-bond donors (Lipinski definition) is 1. The van der Waals surface area contributed by atoms with Crippen molar-refractivity contribution in [2.45, 2.75) is 19.0 Å². The highest BCUT2D eigenvalue weighted by Gasteiger charge is 2.24. The molecule has 0 saturated carbocycles. The molecule has 0 radical (unpaired) electrons. The van der Waals surface area contributed by atoms with Gasteiger partial charge in [-0.3, -0.25) is 5.32 Å². The maximum absolute atomic E-state index is 4.37. The smallest absolute Gasteiger partial charge is 0.106 e. The number of aromatic nitrogens is 1. The summed E-state index contributed by atoms with van der Waals surface area (Å²) in [6, 6.07) is 17.7. The van der Waals surface area contributed by atoms with Crippen molar-refractivity contribution < 1.29 is 0 Å². The minimum absolute atomic E-state index is 0.259. The molecule has 0 atom stereocenters. The average Bonchev–Trinajstić information content (AvgIpc) is 3.05. The van der Waals surface area contributed by atoms with E-state index in [0.717, 1.165) is 18.0 Å². The summed E-state index contributed by atoms with van der Waals surface area (Å²) in [5.74, 6) is 0. The van der Waals surface area contributed by atoms with Crippen molar-refractivity contribution in [1.82, 2.24) is 10.3 Å². The highest BCUT2D eigenvalue weighted by molar-refractivity contribution is 7.09. The molecule has 3 aromatic rings. The zero-order valence-electron chi connectivity index (χ0n) is 11.6. The van der Waals surface area contributed by atoms with E-state index in [9.17, 15) is 0 Å². The summed E-state index contributed by atoms with van der Waals surface area (Å²) < 4.78 is 0. The minimum Gasteiger partial charge on any atom is -0.300 e. The first-order chi connectivity index (χ1) is 10.4. The van der Waals surface area contributed by atoms with E-state index in [2.05, 4.69) is 58.8 Å². The fourth-order valence-corrected chi connectivity index (χ4v) is 3.64. The van der Waals surface area contributed by atoms with Crippen molar-refractivity contribution in [3.05, 3.63) is 87.4 Å². The molecule has 2 nitrogen and oxygen atoms in total. The summed E-state index contributed by atoms with van der Waals surface area (Å²) >= 11 is 1.70. The lowest BCUT2D eigenvalue weighted by molar-refractivity contribution is 0.587. The fraction of sp³-hybridized carbons (Fsp3) is 0.167. The topological polar surface area (TPSA) is 24.9 Å². The fourth-order valence-electron chi connectivity index (χ4n) is 3.08. The quantitative estimate of drug-likeness (QED) is 0.791. The van der Waals surface area contributed by atoms with Gasteiger partial charge in [0.25, 0.3) is 0 Å². The Balaban J connectivity index is 1.71. The average molecular weight is 292 g/mol. The lowest BCUT2D eigenvalue weighted by atomic mass is 9.82. The number of benzene rings is 2. The predicted molar refractivity (Wildman–Crippen MR) is 86.5 cm³/mol. The second kappa shape index (κ2) is 5.43. The van der Waals surface area contributed by atoms with E-state index < -0.39 is 0 Å². The molecule has 1 heterocycles. The standard InChI is InChI=1S/C18H16N2S/c1-3-7-15-13(5-1)11-14-6-2-4-8-16(14)18(15)20-12-17-19-9-10-21-17/h1-10,18,20H,11-12H2. The molecule has 0 aliphatic heterocycles. The summed E-state index contributed by atoms with van der Waals surface area (Å²) in [5.41, 5.74) is 5.64. The van der Waals surface area contributed by atoms with Gasteiger partial charge in [0.2, 0.25) is 0 Å². The first-order valence-corrected chi connectivity index (χ1v) is 8.07. The van der Waals surface area contributed by atoms with Crippen LogP contribution in [0.3, 0.4) is 0 Å². The van der Waals surface area contributed by atoms with Crippen LogP contribution in [0.5, 0.6) is 0 Å². The molecule has 0 spiro atoms. The molecule has 0 bridgehead atoms. The Morgan fingerprint density at radius 1 is 1.00 bits per heavy atom. The van der Waals surface area contributed by atoms with Gasteiger partial charge in [0, 0.05) is 18.1 Å². The third-order valence-electron chi connectivity index (χ3n) is 4.05. The van der Waals surface area contributed by atoms with Gasteiger partial charge < -0.3 is 0 Å². The molecule has 1 aliphatic carbocycles. The monoisotopic (exact) mass is 292 g/mol. The summed E-state index contributed by atoms with van der Waals surface area (Å²) in [6.07, 6.45) is 2.90. The number of nitrogens with zero attached hydrogens (tertiary/aromatic N) is 1. The second-order valence-corrected chi connectivity index (χ2v) is 6.29. The third kappa shape index (κ3) is 2.39. The second-order valence-electron chi connectivity index (χ2n) is 5.31. The van der Waals surface area contributed by atoms with Crippen LogP contribution in [0, 0.1) is 0 Å². The zero-order chi connectivity index (χ0) is 14.1. The van der Waals surface area contributed by atoms with E-state index in [1.807, 2.05) is 11.6 Å². The van der Waals surface area contributed by atoms with Crippen molar-refractivity contribution in [2.75, 3.05) is 0 Å². The van der Waals surface area contributed by atoms with Crippen LogP contribution < -0.4 is 5.32 Å². The summed E-state index contributed by atoms with van der Waals surface area (Å²) in [6.45, 7) is 0.811. The lowest BCUT2D eigenvalue weighted by Crippen LogP contribution is -2.26. The molecular weight excluding hydrogens is 276 g/mol. The molecule has 104 valence electrons. The largest absolute Gasteiger partial charge is 0.300 e. The Morgan fingerprint density at radius 3 is 2.29 bits per heavy atom. The minimum atomic E-state index is 0.259. The van der Waals surface area contributed by atoms with Gasteiger partial charge in [0.05, 0.1) is 6.04 Å². The van der Waals surface area contributed by atoms with Crippen molar-refractivity contribution in [2.24, 2.45) is 0 Å². The van der Waals surface area contributed by atoms with Gasteiger partial charge in [-0.1, -0.05) is 48.5 Å². The van der Waals surface area contributed by atoms with Gasteiger partial charge in [-0.15, -0.1) is 11.3 Å². The van der Waals surface area contributed by atoms with Crippen molar-refractivity contribution in [1.29, 1.82) is 0 Å². The van der Waals surface area contributed by atoms with Crippen molar-refractivity contribution in [3.63, 3.8) is 0 Å². The van der Waals surface area contributed by atoms with Gasteiger partial charge in [0.15, 0.2) is 0 Å². The molecule has 0 saturated heterocycles. The molecule has 0 unspecified atom stereocenters. The van der Waals surface area contributed by atoms with Crippen LogP contribution in [0.2, 0.25) is 0 Å². The lowest BCUT2D eigenvalue weighted by Gasteiger charge is -2.29. The first kappa shape index (κ1) is 12.7. The number of fused-ring (bicyclic) bond motifs is 2. The highest BCUT2D eigenvalue weighted by Crippen LogP contribution is 2.34. The third-order valence-corrected chi connectivity index (χ3v) is 4.83. The zero-order valence-corrected chi connectivity index (χ0v) is 12.4. The van der Waals surface area contributed by atoms with Crippen LogP contribution >= 0.6 is 11.3 Å². The molecule has 0 amide bonds. The van der Waals surface area contributed by atoms with E-state index in [0.29, 0.717) is 0 Å². The molecule has 4 rings (SSSR count). The molecule has 3 heteroatoms. The normalized spacial score (nSPS) is 13.7. The van der Waals surface area contributed by atoms with E-state index in [-0.39, 0.29) is 6.04 Å². The number of nitrogens with one attached hydrogen (secondary N) is 1. The Kier molecular flexibility index (Phi) is 3.30. The first-order valence-electron chi connectivity index (χ1n) is 7.19. The molecule has 1 N–H and O–H groups in total. The number of hydrogen-bond acceptors (Lipinski definition) is 3. The van der Waals surface area contributed by atoms with E-state index >= 15 is 0 Å². The summed E-state index contributed by atoms with van der Waals surface area (Å²) in [5, 5.41) is 6.85. The van der Waals surface area contributed by atoms with Gasteiger partial charge in [0.1, 0.15) is 5.01 Å². The van der Waals surface area contributed by atoms with Gasteiger partial charge in [-0.05, 0) is 28.7 Å². The van der Waals surface area contributed by atoms with Crippen LogP contribution in [-0.2, 0) is 13.0 Å². The van der Waals surface area contributed by atoms with Gasteiger partial charge in [-0.25, -0.2) is 4.98 Å². The number of thiazole rings is 1. The summed E-state index contributed by atoms with van der Waals surface area (Å²) in [4.78, 5) is 4.37. The Labute approximate surface area is 128 Å². The van der Waals surface area contributed by atoms with E-state index in [1.54, 1.807) is 11.3 Å². The number of rotatable bonds is 3. The van der Waals surface area contributed by atoms with Crippen molar-refractivity contribution >= 4 is 11.3 Å². The summed E-state index contributed by atoms with van der Waals surface area (Å²) in [7, 11) is 0. The highest BCUT2D eigenvalue weighted by atomic mass is 32.1. The molecule has 0 fully saturated rings. The molecule has 21 heavy (non-hydrogen) atoms. The molecular formula is C18H16N2S. The maximum atomic E-state index is 4.37. The van der Waals surface area contributed by atoms with Gasteiger partial charge >= 0.3 is 0 Å². The molecule has 2 aromatic carbocycles. The Morgan fingerprint density at radius 2 is 1.67 bits per heavy atom. The van der Waals surface area contributed by atoms with Crippen LogP contribution in [0.25, 0.3) is 0 Å². The SMILES string of the molecule is c1ccc2c(c1)Cc1ccccc1C2NCc1nccs1. The Bertz CT molecular complexity index is 704. The van der Waals surface area contributed by atoms with Crippen molar-refractivity contribution in [3.8, 4) is 0 Å². The van der Waals surface area contributed by atoms with Crippen LogP contribution in [-0.4, -0.2) is 4.98 Å². The maximum Gasteiger partial charge on any atom is 0.106 e. The molecule has 1 aliphatic rings. The Hall–Kier alpha value is -1.97. The van der Waals surface area contributed by atoms with Crippen LogP contribution in [0.4, 0.5) is 0 Å². The van der Waals surface area contributed by atoms with Crippen LogP contribution in [0.15, 0.2) is 60.1 Å². The van der Waals surface area contributed by atoms with E-state index in [4.69, 9.17) is 0 Å². The van der Waals surface area contributed by atoms with Gasteiger partial charge in [-0.2, -0.15) is 0 Å². The molecule has 1 aromatic heterocycles.